The van der Waals surface area contributed by atoms with E-state index in [0.29, 0.717) is 22.7 Å². The molecule has 34 heavy (non-hydrogen) atoms. The highest BCUT2D eigenvalue weighted by atomic mass is 16.5. The van der Waals surface area contributed by atoms with Crippen LogP contribution in [-0.2, 0) is 9.59 Å². The van der Waals surface area contributed by atoms with Crippen LogP contribution in [0.15, 0.2) is 78.4 Å². The molecular weight excluding hydrogens is 430 g/mol. The molecule has 1 saturated heterocycles. The Labute approximate surface area is 199 Å². The van der Waals surface area contributed by atoms with Crippen LogP contribution in [0, 0.1) is 6.92 Å². The van der Waals surface area contributed by atoms with E-state index in [1.807, 2.05) is 45.0 Å². The van der Waals surface area contributed by atoms with Crippen molar-refractivity contribution >= 4 is 23.1 Å². The number of carbonyl (C=O) groups is 2. The molecule has 1 amide bonds. The molecule has 1 fully saturated rings. The van der Waals surface area contributed by atoms with Gasteiger partial charge in [-0.25, -0.2) is 0 Å². The van der Waals surface area contributed by atoms with Crippen molar-refractivity contribution in [3.8, 4) is 11.5 Å². The molecule has 0 radical (unpaired) electrons. The fourth-order valence-corrected chi connectivity index (χ4v) is 4.17. The second-order valence-corrected chi connectivity index (χ2v) is 8.42. The summed E-state index contributed by atoms with van der Waals surface area (Å²) in [6, 6.07) is 20.5. The molecule has 6 nitrogen and oxygen atoms in total. The fraction of sp³-hybridized carbons (Fsp3) is 0.214. The minimum Gasteiger partial charge on any atom is -0.507 e. The molecule has 1 aliphatic rings. The molecule has 1 aliphatic heterocycles. The van der Waals surface area contributed by atoms with E-state index in [2.05, 4.69) is 0 Å². The number of aliphatic hydroxyl groups is 1. The number of aryl methyl sites for hydroxylation is 1. The number of rotatable bonds is 6. The largest absolute Gasteiger partial charge is 0.507 e. The van der Waals surface area contributed by atoms with Gasteiger partial charge in [-0.3, -0.25) is 14.5 Å². The lowest BCUT2D eigenvalue weighted by molar-refractivity contribution is -0.132. The van der Waals surface area contributed by atoms with E-state index >= 15 is 0 Å². The first kappa shape index (κ1) is 23.1. The third kappa shape index (κ3) is 4.27. The average Bonchev–Trinajstić information content (AvgIpc) is 3.09. The Hall–Kier alpha value is -4.06. The van der Waals surface area contributed by atoms with Crippen LogP contribution in [0.25, 0.3) is 5.76 Å². The first-order valence-corrected chi connectivity index (χ1v) is 11.1. The average molecular weight is 458 g/mol. The van der Waals surface area contributed by atoms with Gasteiger partial charge in [-0.15, -0.1) is 0 Å². The van der Waals surface area contributed by atoms with Gasteiger partial charge in [0.05, 0.1) is 24.8 Å². The monoisotopic (exact) mass is 457 g/mol. The zero-order chi connectivity index (χ0) is 24.4. The number of carbonyl (C=O) groups excluding carboxylic acids is 2. The molecule has 1 heterocycles. The molecule has 174 valence electrons. The zero-order valence-electron chi connectivity index (χ0n) is 19.6. The van der Waals surface area contributed by atoms with Crippen molar-refractivity contribution in [1.82, 2.24) is 0 Å². The van der Waals surface area contributed by atoms with Gasteiger partial charge in [0.25, 0.3) is 11.7 Å². The highest BCUT2D eigenvalue weighted by molar-refractivity contribution is 6.51. The second kappa shape index (κ2) is 9.43. The molecular formula is C28H27NO5. The smallest absolute Gasteiger partial charge is 0.300 e. The second-order valence-electron chi connectivity index (χ2n) is 8.42. The van der Waals surface area contributed by atoms with Crippen LogP contribution < -0.4 is 14.4 Å². The summed E-state index contributed by atoms with van der Waals surface area (Å²) in [5.74, 6) is -0.463. The van der Waals surface area contributed by atoms with Gasteiger partial charge >= 0.3 is 0 Å². The van der Waals surface area contributed by atoms with Crippen molar-refractivity contribution in [2.24, 2.45) is 0 Å². The maximum atomic E-state index is 13.3. The number of aliphatic hydroxyl groups excluding tert-OH is 1. The zero-order valence-corrected chi connectivity index (χ0v) is 19.6. The highest BCUT2D eigenvalue weighted by Gasteiger charge is 2.47. The van der Waals surface area contributed by atoms with Crippen LogP contribution >= 0.6 is 0 Å². The van der Waals surface area contributed by atoms with Crippen LogP contribution in [0.5, 0.6) is 11.5 Å². The molecule has 6 heteroatoms. The normalized spacial score (nSPS) is 17.3. The standard InChI is InChI=1S/C28H27NO5/c1-17(2)34-21-14-12-19(13-15-21)26(30)24-25(23-11-6-5-8-18(23)3)29(28(32)27(24)31)20-9-7-10-22(16-20)33-4/h5-17,25,30H,1-4H3/b26-24+. The Bertz CT molecular complexity index is 1260. The quantitative estimate of drug-likeness (QED) is 0.304. The number of Topliss-reactive ketones (excluding diaryl/α,β-unsaturated/α-hetero) is 1. The van der Waals surface area contributed by atoms with E-state index in [1.54, 1.807) is 55.6 Å². The molecule has 0 spiro atoms. The third-order valence-corrected chi connectivity index (χ3v) is 5.76. The van der Waals surface area contributed by atoms with Gasteiger partial charge in [-0.05, 0) is 68.3 Å². The molecule has 1 N–H and O–H groups in total. The number of hydrogen-bond donors (Lipinski definition) is 1. The maximum absolute atomic E-state index is 13.3. The van der Waals surface area contributed by atoms with Crippen molar-refractivity contribution in [3.05, 3.63) is 95.1 Å². The minimum atomic E-state index is -0.792. The van der Waals surface area contributed by atoms with Gasteiger partial charge in [0.15, 0.2) is 0 Å². The number of benzene rings is 3. The van der Waals surface area contributed by atoms with Gasteiger partial charge in [0.1, 0.15) is 17.3 Å². The van der Waals surface area contributed by atoms with E-state index < -0.39 is 17.7 Å². The molecule has 3 aromatic carbocycles. The van der Waals surface area contributed by atoms with E-state index in [0.717, 1.165) is 11.1 Å². The van der Waals surface area contributed by atoms with Gasteiger partial charge in [-0.2, -0.15) is 0 Å². The minimum absolute atomic E-state index is 0.00805. The Morgan fingerprint density at radius 2 is 1.65 bits per heavy atom. The Kier molecular flexibility index (Phi) is 6.41. The van der Waals surface area contributed by atoms with Crippen LogP contribution in [0.2, 0.25) is 0 Å². The molecule has 0 aromatic heterocycles. The van der Waals surface area contributed by atoms with Gasteiger partial charge < -0.3 is 14.6 Å². The number of amides is 1. The maximum Gasteiger partial charge on any atom is 0.300 e. The number of ketones is 1. The van der Waals surface area contributed by atoms with Crippen LogP contribution in [0.1, 0.15) is 36.6 Å². The third-order valence-electron chi connectivity index (χ3n) is 5.76. The number of nitrogens with zero attached hydrogens (tertiary/aromatic N) is 1. The number of ether oxygens (including phenoxy) is 2. The van der Waals surface area contributed by atoms with Crippen molar-refractivity contribution < 1.29 is 24.2 Å². The first-order valence-electron chi connectivity index (χ1n) is 11.1. The lowest BCUT2D eigenvalue weighted by Gasteiger charge is -2.27. The highest BCUT2D eigenvalue weighted by Crippen LogP contribution is 2.43. The van der Waals surface area contributed by atoms with E-state index in [4.69, 9.17) is 9.47 Å². The van der Waals surface area contributed by atoms with Crippen molar-refractivity contribution in [1.29, 1.82) is 0 Å². The SMILES string of the molecule is COc1cccc(N2C(=O)C(=O)/C(=C(/O)c3ccc(OC(C)C)cc3)C2c2ccccc2C)c1. The lowest BCUT2D eigenvalue weighted by atomic mass is 9.92. The first-order chi connectivity index (χ1) is 16.3. The fourth-order valence-electron chi connectivity index (χ4n) is 4.17. The predicted octanol–water partition coefficient (Wildman–Crippen LogP) is 5.42. The Balaban J connectivity index is 1.89. The van der Waals surface area contributed by atoms with Crippen LogP contribution in [0.4, 0.5) is 5.69 Å². The Morgan fingerprint density at radius 3 is 2.29 bits per heavy atom. The Morgan fingerprint density at radius 1 is 0.941 bits per heavy atom. The summed E-state index contributed by atoms with van der Waals surface area (Å²) in [5, 5.41) is 11.3. The number of methoxy groups -OCH3 is 1. The van der Waals surface area contributed by atoms with Crippen LogP contribution in [0.3, 0.4) is 0 Å². The molecule has 4 rings (SSSR count). The molecule has 3 aromatic rings. The summed E-state index contributed by atoms with van der Waals surface area (Å²) < 4.78 is 11.0. The lowest BCUT2D eigenvalue weighted by Crippen LogP contribution is -2.29. The summed E-state index contributed by atoms with van der Waals surface area (Å²) in [5.41, 5.74) is 2.63. The predicted molar refractivity (Wildman–Crippen MR) is 131 cm³/mol. The number of anilines is 1. The topological polar surface area (TPSA) is 76.1 Å². The van der Waals surface area contributed by atoms with Gasteiger partial charge in [0, 0.05) is 17.3 Å². The van der Waals surface area contributed by atoms with Crippen molar-refractivity contribution in [2.45, 2.75) is 32.9 Å². The summed E-state index contributed by atoms with van der Waals surface area (Å²) >= 11 is 0. The summed E-state index contributed by atoms with van der Waals surface area (Å²) in [7, 11) is 1.54. The van der Waals surface area contributed by atoms with E-state index in [-0.39, 0.29) is 17.4 Å². The summed E-state index contributed by atoms with van der Waals surface area (Å²) in [6.07, 6.45) is 0.00805. The van der Waals surface area contributed by atoms with Gasteiger partial charge in [-0.1, -0.05) is 30.3 Å². The molecule has 0 saturated carbocycles. The number of hydrogen-bond acceptors (Lipinski definition) is 5. The summed E-state index contributed by atoms with van der Waals surface area (Å²) in [4.78, 5) is 28.0. The van der Waals surface area contributed by atoms with Crippen molar-refractivity contribution in [3.63, 3.8) is 0 Å². The molecule has 0 bridgehead atoms. The van der Waals surface area contributed by atoms with Gasteiger partial charge in [0.2, 0.25) is 0 Å². The molecule has 1 unspecified atom stereocenters. The molecule has 0 aliphatic carbocycles. The van der Waals surface area contributed by atoms with Crippen molar-refractivity contribution in [2.75, 3.05) is 12.0 Å². The van der Waals surface area contributed by atoms with E-state index in [1.165, 1.54) is 4.90 Å². The summed E-state index contributed by atoms with van der Waals surface area (Å²) in [6.45, 7) is 5.77. The molecule has 1 atom stereocenters. The van der Waals surface area contributed by atoms with E-state index in [9.17, 15) is 14.7 Å². The van der Waals surface area contributed by atoms with Crippen LogP contribution in [-0.4, -0.2) is 30.0 Å².